The van der Waals surface area contributed by atoms with Crippen molar-refractivity contribution in [3.8, 4) is 40.2 Å². The van der Waals surface area contributed by atoms with Gasteiger partial charge in [-0.25, -0.2) is 9.97 Å². The fourth-order valence-corrected chi connectivity index (χ4v) is 7.77. The molecule has 0 unspecified atom stereocenters. The molecule has 0 spiro atoms. The Bertz CT molecular complexity index is 3120. The molecule has 7 heterocycles. The number of hydrogen-bond donors (Lipinski definition) is 0. The third-order valence-corrected chi connectivity index (χ3v) is 9.96. The number of pyridine rings is 2. The Morgan fingerprint density at radius 2 is 1.27 bits per heavy atom. The Labute approximate surface area is 288 Å². The highest BCUT2D eigenvalue weighted by Gasteiger charge is 2.38. The van der Waals surface area contributed by atoms with Crippen molar-refractivity contribution < 1.29 is 13.9 Å². The van der Waals surface area contributed by atoms with E-state index in [4.69, 9.17) is 23.9 Å². The number of ether oxygens (including phenoxy) is 2. The number of nitrogens with zero attached hydrogens (tertiary/aromatic N) is 6. The third-order valence-electron chi connectivity index (χ3n) is 9.96. The highest BCUT2D eigenvalue weighted by molar-refractivity contribution is 6.17. The quantitative estimate of drug-likeness (QED) is 0.181. The number of benzene rings is 5. The van der Waals surface area contributed by atoms with Crippen LogP contribution >= 0.6 is 0 Å². The van der Waals surface area contributed by atoms with Crippen LogP contribution in [0.25, 0.3) is 71.9 Å². The molecular formula is C42H22N6O3. The van der Waals surface area contributed by atoms with Gasteiger partial charge in [0, 0.05) is 57.7 Å². The van der Waals surface area contributed by atoms with E-state index in [1.165, 1.54) is 0 Å². The van der Waals surface area contributed by atoms with Crippen LogP contribution in [0.2, 0.25) is 0 Å². The van der Waals surface area contributed by atoms with Gasteiger partial charge in [0.25, 0.3) is 0 Å². The van der Waals surface area contributed by atoms with Gasteiger partial charge < -0.3 is 13.9 Å². The van der Waals surface area contributed by atoms with Crippen molar-refractivity contribution >= 4 is 71.7 Å². The second-order valence-electron chi connectivity index (χ2n) is 12.7. The standard InChI is InChI=1S/C42H22N6O3/c1-4-10-28-25(8-1)39(23-13-14-34-27(19-23)24-7-3-6-12-33(24)49-34)46-42(45-28)48-29-11-5-2-9-26(29)38-30(48)20-37-40-41(38)51-36-16-18-44-22-32(36)47(40)31-21-43-17-15-35(31)50-37/h1-22H. The van der Waals surface area contributed by atoms with Gasteiger partial charge in [-0.3, -0.25) is 19.4 Å². The van der Waals surface area contributed by atoms with Gasteiger partial charge in [0.05, 0.1) is 40.0 Å². The van der Waals surface area contributed by atoms with Crippen LogP contribution in [0.5, 0.6) is 23.0 Å². The van der Waals surface area contributed by atoms with Crippen LogP contribution < -0.4 is 14.4 Å². The van der Waals surface area contributed by atoms with Crippen LogP contribution in [-0.2, 0) is 0 Å². The average molecular weight is 659 g/mol. The maximum absolute atomic E-state index is 6.80. The van der Waals surface area contributed by atoms with Crippen molar-refractivity contribution in [1.29, 1.82) is 0 Å². The predicted molar refractivity (Wildman–Crippen MR) is 197 cm³/mol. The topological polar surface area (TPSA) is 91.3 Å². The normalized spacial score (nSPS) is 13.0. The van der Waals surface area contributed by atoms with Crippen molar-refractivity contribution in [2.45, 2.75) is 0 Å². The minimum absolute atomic E-state index is 0.539. The van der Waals surface area contributed by atoms with Gasteiger partial charge in [-0.1, -0.05) is 54.6 Å². The van der Waals surface area contributed by atoms with E-state index in [1.807, 2.05) is 79.1 Å². The van der Waals surface area contributed by atoms with E-state index in [2.05, 4.69) is 61.9 Å². The molecule has 0 radical (unpaired) electrons. The molecule has 10 aromatic rings. The summed E-state index contributed by atoms with van der Waals surface area (Å²) in [5.41, 5.74) is 8.56. The van der Waals surface area contributed by atoms with Crippen molar-refractivity contribution in [2.75, 3.05) is 4.90 Å². The highest BCUT2D eigenvalue weighted by atomic mass is 16.5. The van der Waals surface area contributed by atoms with E-state index in [1.54, 1.807) is 12.4 Å². The first-order valence-corrected chi connectivity index (χ1v) is 16.6. The Balaban J connectivity index is 1.16. The number of para-hydroxylation sites is 3. The molecule has 9 heteroatoms. The van der Waals surface area contributed by atoms with Crippen LogP contribution in [0.15, 0.2) is 138 Å². The monoisotopic (exact) mass is 658 g/mol. The first-order valence-electron chi connectivity index (χ1n) is 16.6. The summed E-state index contributed by atoms with van der Waals surface area (Å²) in [6.07, 6.45) is 7.10. The lowest BCUT2D eigenvalue weighted by atomic mass is 10.0. The minimum atomic E-state index is 0.539. The zero-order valence-corrected chi connectivity index (χ0v) is 26.6. The molecule has 0 atom stereocenters. The van der Waals surface area contributed by atoms with Crippen LogP contribution in [0.3, 0.4) is 0 Å². The molecule has 0 fully saturated rings. The van der Waals surface area contributed by atoms with Gasteiger partial charge >= 0.3 is 0 Å². The van der Waals surface area contributed by atoms with E-state index >= 15 is 0 Å². The maximum atomic E-state index is 6.80. The van der Waals surface area contributed by atoms with E-state index in [9.17, 15) is 0 Å². The van der Waals surface area contributed by atoms with Crippen molar-refractivity contribution in [3.05, 3.63) is 134 Å². The second kappa shape index (κ2) is 9.67. The summed E-state index contributed by atoms with van der Waals surface area (Å²) in [5.74, 6) is 3.25. The molecule has 5 aromatic carbocycles. The maximum Gasteiger partial charge on any atom is 0.235 e. The van der Waals surface area contributed by atoms with Gasteiger partial charge in [0.15, 0.2) is 23.0 Å². The van der Waals surface area contributed by atoms with E-state index < -0.39 is 0 Å². The molecule has 2 aliphatic heterocycles. The fourth-order valence-electron chi connectivity index (χ4n) is 7.77. The summed E-state index contributed by atoms with van der Waals surface area (Å²) < 4.78 is 21.7. The molecule has 5 aromatic heterocycles. The number of aromatic nitrogens is 5. The minimum Gasteiger partial charge on any atom is -0.456 e. The van der Waals surface area contributed by atoms with E-state index in [0.717, 1.165) is 83.0 Å². The lowest BCUT2D eigenvalue weighted by Crippen LogP contribution is -2.20. The Morgan fingerprint density at radius 1 is 0.549 bits per heavy atom. The van der Waals surface area contributed by atoms with Crippen molar-refractivity contribution in [1.82, 2.24) is 24.5 Å². The zero-order chi connectivity index (χ0) is 33.2. The summed E-state index contributed by atoms with van der Waals surface area (Å²) in [6.45, 7) is 0. The predicted octanol–water partition coefficient (Wildman–Crippen LogP) is 10.8. The second-order valence-corrected chi connectivity index (χ2v) is 12.7. The molecule has 0 N–H and O–H groups in total. The van der Waals surface area contributed by atoms with E-state index in [-0.39, 0.29) is 0 Å². The summed E-state index contributed by atoms with van der Waals surface area (Å²) in [4.78, 5) is 21.6. The highest BCUT2D eigenvalue weighted by Crippen LogP contribution is 2.62. The fraction of sp³-hybridized carbons (Fsp3) is 0. The first kappa shape index (κ1) is 26.7. The number of fused-ring (bicyclic) bond motifs is 12. The Hall–Kier alpha value is -7.26. The lowest BCUT2D eigenvalue weighted by molar-refractivity contribution is 0.449. The average Bonchev–Trinajstić information content (AvgIpc) is 3.72. The molecule has 0 aliphatic carbocycles. The molecular weight excluding hydrogens is 637 g/mol. The van der Waals surface area contributed by atoms with Gasteiger partial charge in [0.2, 0.25) is 5.95 Å². The molecule has 12 rings (SSSR count). The summed E-state index contributed by atoms with van der Waals surface area (Å²) >= 11 is 0. The summed E-state index contributed by atoms with van der Waals surface area (Å²) in [6, 6.07) is 36.7. The van der Waals surface area contributed by atoms with Gasteiger partial charge in [0.1, 0.15) is 28.2 Å². The number of anilines is 3. The molecule has 9 nitrogen and oxygen atoms in total. The Morgan fingerprint density at radius 3 is 2.14 bits per heavy atom. The number of hydrogen-bond acceptors (Lipinski definition) is 8. The largest absolute Gasteiger partial charge is 0.456 e. The van der Waals surface area contributed by atoms with Crippen LogP contribution in [0.4, 0.5) is 17.1 Å². The Kier molecular flexibility index (Phi) is 5.06. The van der Waals surface area contributed by atoms with Gasteiger partial charge in [-0.15, -0.1) is 0 Å². The molecule has 0 amide bonds. The van der Waals surface area contributed by atoms with Crippen LogP contribution in [-0.4, -0.2) is 24.5 Å². The smallest absolute Gasteiger partial charge is 0.235 e. The number of rotatable bonds is 2. The summed E-state index contributed by atoms with van der Waals surface area (Å²) in [7, 11) is 0. The van der Waals surface area contributed by atoms with Crippen LogP contribution in [0, 0.1) is 0 Å². The van der Waals surface area contributed by atoms with Crippen molar-refractivity contribution in [3.63, 3.8) is 0 Å². The zero-order valence-electron chi connectivity index (χ0n) is 26.6. The van der Waals surface area contributed by atoms with Crippen molar-refractivity contribution in [2.24, 2.45) is 0 Å². The number of furan rings is 1. The lowest BCUT2D eigenvalue weighted by Gasteiger charge is -2.37. The van der Waals surface area contributed by atoms with E-state index in [0.29, 0.717) is 28.9 Å². The molecule has 2 aliphatic rings. The molecule has 51 heavy (non-hydrogen) atoms. The molecule has 0 bridgehead atoms. The first-order chi connectivity index (χ1) is 25.3. The molecule has 0 saturated carbocycles. The summed E-state index contributed by atoms with van der Waals surface area (Å²) in [5, 5.41) is 5.00. The van der Waals surface area contributed by atoms with Gasteiger partial charge in [-0.2, -0.15) is 0 Å². The SMILES string of the molecule is c1ccc2c(-c3ccc4oc5ccccc5c4c3)nc(-n3c4ccccc4c4c5c6c(cc43)Oc3ccncc3N6c3cnccc3O5)nc2c1. The van der Waals surface area contributed by atoms with Gasteiger partial charge in [-0.05, 0) is 36.4 Å². The third kappa shape index (κ3) is 3.58. The van der Waals surface area contributed by atoms with Crippen LogP contribution in [0.1, 0.15) is 0 Å². The molecule has 0 saturated heterocycles. The molecule has 238 valence electrons.